The Hall–Kier alpha value is -1.39. The number of aromatic nitrogens is 2. The summed E-state index contributed by atoms with van der Waals surface area (Å²) in [4.78, 5) is 4.35. The molecule has 19 heavy (non-hydrogen) atoms. The molecule has 0 aliphatic carbocycles. The van der Waals surface area contributed by atoms with E-state index >= 15 is 0 Å². The second kappa shape index (κ2) is 4.94. The van der Waals surface area contributed by atoms with Gasteiger partial charge in [-0.2, -0.15) is 4.98 Å². The number of rotatable bonds is 2. The molecule has 4 nitrogen and oxygen atoms in total. The van der Waals surface area contributed by atoms with Crippen molar-refractivity contribution < 1.29 is 4.52 Å². The van der Waals surface area contributed by atoms with Crippen molar-refractivity contribution in [3.63, 3.8) is 0 Å². The lowest BCUT2D eigenvalue weighted by atomic mass is 9.87. The molecular weight excluding hydrogens is 262 g/mol. The molecule has 1 unspecified atom stereocenters. The van der Waals surface area contributed by atoms with Gasteiger partial charge in [0.1, 0.15) is 0 Å². The minimum Gasteiger partial charge on any atom is -0.334 e. The van der Waals surface area contributed by atoms with Gasteiger partial charge >= 0.3 is 0 Å². The van der Waals surface area contributed by atoms with Crippen LogP contribution in [-0.4, -0.2) is 10.1 Å². The molecule has 1 aromatic heterocycles. The average Bonchev–Trinajstić information content (AvgIpc) is 2.75. The summed E-state index contributed by atoms with van der Waals surface area (Å²) in [7, 11) is 0. The van der Waals surface area contributed by atoms with E-state index in [1.807, 2.05) is 45.9 Å². The van der Waals surface area contributed by atoms with Gasteiger partial charge in [0.2, 0.25) is 0 Å². The maximum absolute atomic E-state index is 6.18. The number of hydrogen-bond donors (Lipinski definition) is 1. The molecule has 0 bridgehead atoms. The quantitative estimate of drug-likeness (QED) is 0.909. The second-order valence-electron chi connectivity index (χ2n) is 5.78. The Morgan fingerprint density at radius 1 is 1.32 bits per heavy atom. The summed E-state index contributed by atoms with van der Waals surface area (Å²) in [5.41, 5.74) is 7.79. The lowest BCUT2D eigenvalue weighted by Gasteiger charge is -2.23. The van der Waals surface area contributed by atoms with Crippen molar-refractivity contribution >= 4 is 11.6 Å². The molecule has 0 saturated heterocycles. The van der Waals surface area contributed by atoms with E-state index in [4.69, 9.17) is 21.9 Å². The lowest BCUT2D eigenvalue weighted by Crippen LogP contribution is -2.27. The van der Waals surface area contributed by atoms with Gasteiger partial charge in [-0.15, -0.1) is 0 Å². The maximum atomic E-state index is 6.18. The fourth-order valence-corrected chi connectivity index (χ4v) is 1.97. The fraction of sp³-hybridized carbons (Fsp3) is 0.429. The van der Waals surface area contributed by atoms with Crippen LogP contribution in [-0.2, 0) is 0 Å². The third kappa shape index (κ3) is 2.96. The van der Waals surface area contributed by atoms with Gasteiger partial charge in [0.25, 0.3) is 5.89 Å². The van der Waals surface area contributed by atoms with Crippen molar-refractivity contribution in [1.82, 2.24) is 10.1 Å². The number of benzene rings is 1. The molecule has 0 fully saturated rings. The van der Waals surface area contributed by atoms with Gasteiger partial charge in [-0.25, -0.2) is 0 Å². The minimum absolute atomic E-state index is 0.127. The Morgan fingerprint density at radius 2 is 2.00 bits per heavy atom. The summed E-state index contributed by atoms with van der Waals surface area (Å²) in [5.74, 6) is 0.902. The van der Waals surface area contributed by atoms with E-state index in [-0.39, 0.29) is 11.5 Å². The van der Waals surface area contributed by atoms with Crippen LogP contribution in [0.25, 0.3) is 11.5 Å². The first-order valence-corrected chi connectivity index (χ1v) is 6.52. The summed E-state index contributed by atoms with van der Waals surface area (Å²) in [6, 6.07) is 5.41. The van der Waals surface area contributed by atoms with Crippen LogP contribution in [0.4, 0.5) is 0 Å². The molecule has 0 saturated carbocycles. The summed E-state index contributed by atoms with van der Waals surface area (Å²) in [6.45, 7) is 8.08. The predicted octanol–water partition coefficient (Wildman–Crippen LogP) is 3.74. The molecule has 0 spiro atoms. The first-order chi connectivity index (χ1) is 8.79. The number of nitrogens with zero attached hydrogens (tertiary/aromatic N) is 2. The number of halogens is 1. The molecule has 1 atom stereocenters. The Morgan fingerprint density at radius 3 is 2.58 bits per heavy atom. The SMILES string of the molecule is Cc1ccc(-c2nc(C(N)C(C)(C)C)no2)c(Cl)c1. The first kappa shape index (κ1) is 14.0. The zero-order chi connectivity index (χ0) is 14.2. The molecule has 0 radical (unpaired) electrons. The topological polar surface area (TPSA) is 64.9 Å². The van der Waals surface area contributed by atoms with Gasteiger partial charge in [-0.1, -0.05) is 43.6 Å². The number of hydrogen-bond acceptors (Lipinski definition) is 4. The highest BCUT2D eigenvalue weighted by Gasteiger charge is 2.27. The number of aryl methyl sites for hydroxylation is 1. The smallest absolute Gasteiger partial charge is 0.259 e. The first-order valence-electron chi connectivity index (χ1n) is 6.15. The van der Waals surface area contributed by atoms with Crippen molar-refractivity contribution in [2.24, 2.45) is 11.1 Å². The number of nitrogens with two attached hydrogens (primary N) is 1. The van der Waals surface area contributed by atoms with Gasteiger partial charge in [0.15, 0.2) is 5.82 Å². The molecular formula is C14H18ClN3O. The zero-order valence-electron chi connectivity index (χ0n) is 11.6. The Kier molecular flexibility index (Phi) is 3.65. The van der Waals surface area contributed by atoms with E-state index in [9.17, 15) is 0 Å². The highest BCUT2D eigenvalue weighted by atomic mass is 35.5. The average molecular weight is 280 g/mol. The third-order valence-corrected chi connectivity index (χ3v) is 3.32. The van der Waals surface area contributed by atoms with E-state index in [1.54, 1.807) is 0 Å². The Labute approximate surface area is 118 Å². The van der Waals surface area contributed by atoms with Gasteiger partial charge in [-0.05, 0) is 30.0 Å². The summed E-state index contributed by atoms with van der Waals surface area (Å²) >= 11 is 6.18. The molecule has 2 aromatic rings. The predicted molar refractivity (Wildman–Crippen MR) is 75.9 cm³/mol. The van der Waals surface area contributed by atoms with Crippen molar-refractivity contribution in [3.8, 4) is 11.5 Å². The van der Waals surface area contributed by atoms with E-state index < -0.39 is 0 Å². The molecule has 1 aromatic carbocycles. The van der Waals surface area contributed by atoms with Gasteiger partial charge in [0.05, 0.1) is 16.6 Å². The van der Waals surface area contributed by atoms with Crippen LogP contribution in [0.1, 0.15) is 38.2 Å². The molecule has 0 aliphatic rings. The Bertz CT molecular complexity index is 587. The van der Waals surface area contributed by atoms with Gasteiger partial charge in [-0.3, -0.25) is 0 Å². The van der Waals surface area contributed by atoms with E-state index in [0.29, 0.717) is 16.7 Å². The zero-order valence-corrected chi connectivity index (χ0v) is 12.3. The van der Waals surface area contributed by atoms with E-state index in [2.05, 4.69) is 10.1 Å². The molecule has 1 heterocycles. The molecule has 102 valence electrons. The summed E-state index contributed by atoms with van der Waals surface area (Å²) in [6.07, 6.45) is 0. The van der Waals surface area contributed by atoms with Gasteiger partial charge < -0.3 is 10.3 Å². The van der Waals surface area contributed by atoms with Crippen molar-refractivity contribution in [2.75, 3.05) is 0 Å². The van der Waals surface area contributed by atoms with Crippen LogP contribution in [0.15, 0.2) is 22.7 Å². The van der Waals surface area contributed by atoms with Gasteiger partial charge in [0, 0.05) is 0 Å². The summed E-state index contributed by atoms with van der Waals surface area (Å²) < 4.78 is 5.26. The standard InChI is InChI=1S/C14H18ClN3O/c1-8-5-6-9(10(15)7-8)13-17-12(18-19-13)11(16)14(2,3)4/h5-7,11H,16H2,1-4H3. The van der Waals surface area contributed by atoms with Crippen LogP contribution in [0.2, 0.25) is 5.02 Å². The van der Waals surface area contributed by atoms with E-state index in [1.165, 1.54) is 0 Å². The fourth-order valence-electron chi connectivity index (χ4n) is 1.65. The van der Waals surface area contributed by atoms with Crippen molar-refractivity contribution in [2.45, 2.75) is 33.7 Å². The van der Waals surface area contributed by atoms with Crippen molar-refractivity contribution in [3.05, 3.63) is 34.6 Å². The maximum Gasteiger partial charge on any atom is 0.259 e. The lowest BCUT2D eigenvalue weighted by molar-refractivity contribution is 0.303. The summed E-state index contributed by atoms with van der Waals surface area (Å²) in [5, 5.41) is 4.55. The molecule has 5 heteroatoms. The molecule has 0 aliphatic heterocycles. The Balaban J connectivity index is 2.36. The second-order valence-corrected chi connectivity index (χ2v) is 6.19. The minimum atomic E-state index is -0.283. The van der Waals surface area contributed by atoms with E-state index in [0.717, 1.165) is 11.1 Å². The van der Waals surface area contributed by atoms with Crippen LogP contribution >= 0.6 is 11.6 Å². The molecule has 0 amide bonds. The molecule has 2 N–H and O–H groups in total. The normalized spacial score (nSPS) is 13.6. The highest BCUT2D eigenvalue weighted by molar-refractivity contribution is 6.33. The van der Waals surface area contributed by atoms with Crippen LogP contribution in [0.5, 0.6) is 0 Å². The van der Waals surface area contributed by atoms with Crippen LogP contribution in [0, 0.1) is 12.3 Å². The van der Waals surface area contributed by atoms with Crippen molar-refractivity contribution in [1.29, 1.82) is 0 Å². The largest absolute Gasteiger partial charge is 0.334 e. The van der Waals surface area contributed by atoms with Crippen LogP contribution in [0.3, 0.4) is 0 Å². The molecule has 2 rings (SSSR count). The monoisotopic (exact) mass is 279 g/mol. The third-order valence-electron chi connectivity index (χ3n) is 3.01. The van der Waals surface area contributed by atoms with Crippen LogP contribution < -0.4 is 5.73 Å². The highest BCUT2D eigenvalue weighted by Crippen LogP contribution is 2.32.